The number of aliphatic hydroxyl groups is 1. The molecule has 2 atom stereocenters. The van der Waals surface area contributed by atoms with Crippen LogP contribution in [0.2, 0.25) is 0 Å². The predicted molar refractivity (Wildman–Crippen MR) is 74.2 cm³/mol. The molecule has 1 aliphatic rings. The van der Waals surface area contributed by atoms with E-state index in [0.717, 1.165) is 12.0 Å². The quantitative estimate of drug-likeness (QED) is 0.867. The summed E-state index contributed by atoms with van der Waals surface area (Å²) in [5.41, 5.74) is 6.83. The first kappa shape index (κ1) is 15.9. The molecule has 1 heterocycles. The Morgan fingerprint density at radius 1 is 1.42 bits per heavy atom. The molecule has 0 aromatic heterocycles. The van der Waals surface area contributed by atoms with Crippen molar-refractivity contribution in [1.82, 2.24) is 0 Å². The van der Waals surface area contributed by atoms with Gasteiger partial charge in [-0.2, -0.15) is 0 Å². The maximum absolute atomic E-state index is 9.95. The van der Waals surface area contributed by atoms with Crippen molar-refractivity contribution in [3.8, 4) is 17.2 Å². The Hall–Kier alpha value is -1.17. The van der Waals surface area contributed by atoms with Crippen LogP contribution in [-0.4, -0.2) is 25.1 Å². The van der Waals surface area contributed by atoms with Crippen LogP contribution in [0.15, 0.2) is 12.1 Å². The van der Waals surface area contributed by atoms with Crippen molar-refractivity contribution in [2.75, 3.05) is 13.9 Å². The monoisotopic (exact) mass is 289 g/mol. The molecule has 5 nitrogen and oxygen atoms in total. The van der Waals surface area contributed by atoms with Crippen LogP contribution >= 0.6 is 12.4 Å². The van der Waals surface area contributed by atoms with Gasteiger partial charge in [0.05, 0.1) is 19.3 Å². The summed E-state index contributed by atoms with van der Waals surface area (Å²) in [6, 6.07) is 3.14. The van der Waals surface area contributed by atoms with Crippen LogP contribution in [-0.2, 0) is 0 Å². The number of methoxy groups -OCH3 is 1. The summed E-state index contributed by atoms with van der Waals surface area (Å²) in [4.78, 5) is 0. The number of fused-ring (bicyclic) bond motifs is 1. The summed E-state index contributed by atoms with van der Waals surface area (Å²) in [7, 11) is 1.56. The molecule has 0 saturated carbocycles. The van der Waals surface area contributed by atoms with Crippen LogP contribution in [0.5, 0.6) is 17.2 Å². The molecule has 0 unspecified atom stereocenters. The van der Waals surface area contributed by atoms with Gasteiger partial charge in [0.15, 0.2) is 11.5 Å². The highest BCUT2D eigenvalue weighted by Crippen LogP contribution is 2.43. The van der Waals surface area contributed by atoms with Crippen LogP contribution in [0.1, 0.15) is 31.4 Å². The Labute approximate surface area is 119 Å². The van der Waals surface area contributed by atoms with Gasteiger partial charge < -0.3 is 25.1 Å². The molecule has 2 rings (SSSR count). The van der Waals surface area contributed by atoms with E-state index in [1.165, 1.54) is 0 Å². The molecule has 0 fully saturated rings. The molecule has 0 spiro atoms. The third-order valence-electron chi connectivity index (χ3n) is 3.06. The number of nitrogens with two attached hydrogens (primary N) is 1. The van der Waals surface area contributed by atoms with E-state index in [0.29, 0.717) is 23.7 Å². The van der Waals surface area contributed by atoms with Gasteiger partial charge in [-0.25, -0.2) is 0 Å². The Balaban J connectivity index is 0.00000180. The van der Waals surface area contributed by atoms with Crippen molar-refractivity contribution < 1.29 is 19.3 Å². The zero-order valence-electron chi connectivity index (χ0n) is 11.1. The zero-order valence-corrected chi connectivity index (χ0v) is 11.9. The van der Waals surface area contributed by atoms with E-state index in [4.69, 9.17) is 19.9 Å². The minimum atomic E-state index is -0.569. The molecule has 0 bridgehead atoms. The Bertz CT molecular complexity index is 427. The topological polar surface area (TPSA) is 73.9 Å². The summed E-state index contributed by atoms with van der Waals surface area (Å²) >= 11 is 0. The van der Waals surface area contributed by atoms with Crippen LogP contribution < -0.4 is 19.9 Å². The molecule has 108 valence electrons. The molecule has 1 aliphatic heterocycles. The van der Waals surface area contributed by atoms with E-state index in [-0.39, 0.29) is 19.2 Å². The summed E-state index contributed by atoms with van der Waals surface area (Å²) in [5.74, 6) is 1.79. The van der Waals surface area contributed by atoms with Gasteiger partial charge in [-0.1, -0.05) is 13.3 Å². The van der Waals surface area contributed by atoms with E-state index in [9.17, 15) is 5.11 Å². The lowest BCUT2D eigenvalue weighted by Crippen LogP contribution is -2.25. The third-order valence-corrected chi connectivity index (χ3v) is 3.06. The Morgan fingerprint density at radius 2 is 2.16 bits per heavy atom. The molecule has 3 N–H and O–H groups in total. The molecule has 1 aromatic carbocycles. The number of aliphatic hydroxyl groups excluding tert-OH is 1. The molecule has 0 amide bonds. The fourth-order valence-electron chi connectivity index (χ4n) is 2.04. The van der Waals surface area contributed by atoms with Crippen LogP contribution in [0, 0.1) is 0 Å². The average Bonchev–Trinajstić information content (AvgIpc) is 2.85. The minimum Gasteiger partial charge on any atom is -0.493 e. The molecular formula is C13H20ClNO4. The van der Waals surface area contributed by atoms with Gasteiger partial charge >= 0.3 is 0 Å². The van der Waals surface area contributed by atoms with Gasteiger partial charge in [0, 0.05) is 0 Å². The van der Waals surface area contributed by atoms with E-state index in [2.05, 4.69) is 0 Å². The summed E-state index contributed by atoms with van der Waals surface area (Å²) in [6.07, 6.45) is 0.981. The van der Waals surface area contributed by atoms with Crippen molar-refractivity contribution in [2.45, 2.75) is 31.9 Å². The van der Waals surface area contributed by atoms with Crippen LogP contribution in [0.4, 0.5) is 0 Å². The van der Waals surface area contributed by atoms with Crippen molar-refractivity contribution in [3.05, 3.63) is 17.7 Å². The molecule has 6 heteroatoms. The predicted octanol–water partition coefficient (Wildman–Crippen LogP) is 2.01. The number of ether oxygens (including phenoxy) is 3. The average molecular weight is 290 g/mol. The highest BCUT2D eigenvalue weighted by Gasteiger charge is 2.24. The largest absolute Gasteiger partial charge is 0.493 e. The fourth-order valence-corrected chi connectivity index (χ4v) is 2.04. The van der Waals surface area contributed by atoms with Gasteiger partial charge in [0.2, 0.25) is 12.5 Å². The maximum atomic E-state index is 9.95. The fraction of sp³-hybridized carbons (Fsp3) is 0.538. The molecule has 1 aromatic rings. The van der Waals surface area contributed by atoms with Gasteiger partial charge in [-0.3, -0.25) is 0 Å². The van der Waals surface area contributed by atoms with Gasteiger partial charge in [-0.05, 0) is 24.1 Å². The number of hydrogen-bond donors (Lipinski definition) is 2. The molecule has 19 heavy (non-hydrogen) atoms. The number of rotatable bonds is 5. The second-order valence-corrected chi connectivity index (χ2v) is 4.34. The van der Waals surface area contributed by atoms with Crippen molar-refractivity contribution in [3.63, 3.8) is 0 Å². The van der Waals surface area contributed by atoms with E-state index in [1.807, 2.05) is 6.92 Å². The number of hydrogen-bond acceptors (Lipinski definition) is 5. The maximum Gasteiger partial charge on any atom is 0.231 e. The van der Waals surface area contributed by atoms with Gasteiger partial charge in [-0.15, -0.1) is 12.4 Å². The highest BCUT2D eigenvalue weighted by molar-refractivity contribution is 5.85. The summed E-state index contributed by atoms with van der Waals surface area (Å²) in [5, 5.41) is 9.95. The lowest BCUT2D eigenvalue weighted by atomic mass is 9.98. The second kappa shape index (κ2) is 6.84. The normalized spacial score (nSPS) is 15.6. The smallest absolute Gasteiger partial charge is 0.231 e. The van der Waals surface area contributed by atoms with Crippen molar-refractivity contribution in [1.29, 1.82) is 0 Å². The van der Waals surface area contributed by atoms with E-state index in [1.54, 1.807) is 19.2 Å². The molecule has 0 radical (unpaired) electrons. The molecule has 0 aliphatic carbocycles. The lowest BCUT2D eigenvalue weighted by molar-refractivity contribution is 0.134. The summed E-state index contributed by atoms with van der Waals surface area (Å²) in [6.45, 7) is 2.19. The number of benzene rings is 1. The van der Waals surface area contributed by atoms with Gasteiger partial charge in [0.1, 0.15) is 0 Å². The number of halogens is 1. The van der Waals surface area contributed by atoms with E-state index < -0.39 is 12.1 Å². The van der Waals surface area contributed by atoms with E-state index >= 15 is 0 Å². The standard InChI is InChI=1S/C13H19NO4.ClH/c1-3-4-9(15)12(14)8-5-10(16-2)13-11(6-8)17-7-18-13;/h5-6,9,12,15H,3-4,7,14H2,1-2H3;1H/t9-,12+;/m0./s1. The van der Waals surface area contributed by atoms with Crippen LogP contribution in [0.3, 0.4) is 0 Å². The Kier molecular flexibility index (Phi) is 5.72. The molecule has 0 saturated heterocycles. The lowest BCUT2D eigenvalue weighted by Gasteiger charge is -2.19. The molecular weight excluding hydrogens is 270 g/mol. The summed E-state index contributed by atoms with van der Waals surface area (Å²) < 4.78 is 15.9. The Morgan fingerprint density at radius 3 is 2.79 bits per heavy atom. The zero-order chi connectivity index (χ0) is 13.1. The first-order chi connectivity index (χ1) is 8.67. The highest BCUT2D eigenvalue weighted by atomic mass is 35.5. The van der Waals surface area contributed by atoms with Crippen LogP contribution in [0.25, 0.3) is 0 Å². The minimum absolute atomic E-state index is 0. The van der Waals surface area contributed by atoms with Crippen molar-refractivity contribution >= 4 is 12.4 Å². The third kappa shape index (κ3) is 3.23. The first-order valence-corrected chi connectivity index (χ1v) is 6.08. The first-order valence-electron chi connectivity index (χ1n) is 6.08. The van der Waals surface area contributed by atoms with Crippen molar-refractivity contribution in [2.24, 2.45) is 5.73 Å². The second-order valence-electron chi connectivity index (χ2n) is 4.34. The SMILES string of the molecule is CCC[C@H](O)[C@H](N)c1cc(OC)c2c(c1)OCO2.Cl. The van der Waals surface area contributed by atoms with Gasteiger partial charge in [0.25, 0.3) is 0 Å².